The molecule has 1 atom stereocenters. The zero-order valence-corrected chi connectivity index (χ0v) is 15.5. The van der Waals surface area contributed by atoms with Gasteiger partial charge < -0.3 is 10.0 Å². The summed E-state index contributed by atoms with van der Waals surface area (Å²) < 4.78 is 14.0. The molecular formula is C20H27FN4O. The van der Waals surface area contributed by atoms with Gasteiger partial charge in [-0.2, -0.15) is 0 Å². The first-order chi connectivity index (χ1) is 12.6. The van der Waals surface area contributed by atoms with Crippen LogP contribution in [0.15, 0.2) is 30.5 Å². The van der Waals surface area contributed by atoms with Gasteiger partial charge in [0.2, 0.25) is 0 Å². The maximum Gasteiger partial charge on any atom is 0.135 e. The van der Waals surface area contributed by atoms with Crippen LogP contribution in [0.4, 0.5) is 10.2 Å². The largest absolute Gasteiger partial charge is 0.396 e. The molecule has 3 rings (SSSR count). The summed E-state index contributed by atoms with van der Waals surface area (Å²) in [6.07, 6.45) is 3.45. The van der Waals surface area contributed by atoms with E-state index < -0.39 is 0 Å². The molecule has 0 spiro atoms. The van der Waals surface area contributed by atoms with Gasteiger partial charge in [-0.25, -0.2) is 14.4 Å². The number of halogens is 1. The van der Waals surface area contributed by atoms with Gasteiger partial charge in [0.1, 0.15) is 17.5 Å². The van der Waals surface area contributed by atoms with E-state index in [1.54, 1.807) is 6.07 Å². The number of aryl methyl sites for hydroxylation is 2. The second-order valence-corrected chi connectivity index (χ2v) is 6.79. The molecule has 1 aliphatic rings. The van der Waals surface area contributed by atoms with Crippen molar-refractivity contribution in [2.45, 2.75) is 39.3 Å². The van der Waals surface area contributed by atoms with Gasteiger partial charge in [0.15, 0.2) is 0 Å². The van der Waals surface area contributed by atoms with Crippen LogP contribution in [0.1, 0.15) is 30.3 Å². The fraction of sp³-hybridized carbons (Fsp3) is 0.500. The van der Waals surface area contributed by atoms with Crippen LogP contribution in [0.2, 0.25) is 0 Å². The summed E-state index contributed by atoms with van der Waals surface area (Å²) in [5.41, 5.74) is 1.84. The van der Waals surface area contributed by atoms with E-state index in [1.807, 2.05) is 25.3 Å². The van der Waals surface area contributed by atoms with Gasteiger partial charge >= 0.3 is 0 Å². The van der Waals surface area contributed by atoms with Crippen molar-refractivity contribution in [1.82, 2.24) is 14.9 Å². The Balaban J connectivity index is 1.78. The lowest BCUT2D eigenvalue weighted by molar-refractivity contribution is 0.134. The normalized spacial score (nSPS) is 18.3. The van der Waals surface area contributed by atoms with Gasteiger partial charge in [-0.3, -0.25) is 4.90 Å². The van der Waals surface area contributed by atoms with Crippen molar-refractivity contribution in [3.05, 3.63) is 53.2 Å². The number of anilines is 1. The third-order valence-corrected chi connectivity index (χ3v) is 5.04. The Kier molecular flexibility index (Phi) is 6.16. The minimum atomic E-state index is -0.169. The Bertz CT molecular complexity index is 740. The fourth-order valence-electron chi connectivity index (χ4n) is 3.57. The number of aromatic nitrogens is 2. The second kappa shape index (κ2) is 8.56. The fourth-order valence-corrected chi connectivity index (χ4v) is 3.57. The Morgan fingerprint density at radius 2 is 2.04 bits per heavy atom. The van der Waals surface area contributed by atoms with Crippen LogP contribution in [0.3, 0.4) is 0 Å². The number of nitrogens with zero attached hydrogens (tertiary/aromatic N) is 4. The molecule has 0 aliphatic carbocycles. The Labute approximate surface area is 154 Å². The van der Waals surface area contributed by atoms with E-state index >= 15 is 0 Å². The molecule has 140 valence electrons. The van der Waals surface area contributed by atoms with E-state index in [4.69, 9.17) is 0 Å². The van der Waals surface area contributed by atoms with Gasteiger partial charge in [-0.15, -0.1) is 0 Å². The lowest BCUT2D eigenvalue weighted by Crippen LogP contribution is -2.53. The average molecular weight is 358 g/mol. The van der Waals surface area contributed by atoms with Crippen molar-refractivity contribution < 1.29 is 9.50 Å². The maximum absolute atomic E-state index is 14.0. The summed E-state index contributed by atoms with van der Waals surface area (Å²) in [4.78, 5) is 13.5. The van der Waals surface area contributed by atoms with Crippen molar-refractivity contribution >= 4 is 5.82 Å². The summed E-state index contributed by atoms with van der Waals surface area (Å²) in [6.45, 7) is 7.12. The van der Waals surface area contributed by atoms with Crippen LogP contribution in [0.25, 0.3) is 0 Å². The predicted octanol–water partition coefficient (Wildman–Crippen LogP) is 2.56. The molecule has 0 unspecified atom stereocenters. The lowest BCUT2D eigenvalue weighted by atomic mass is 10.1. The molecule has 6 heteroatoms. The molecule has 1 aromatic carbocycles. The van der Waals surface area contributed by atoms with Gasteiger partial charge in [0.05, 0.1) is 0 Å². The highest BCUT2D eigenvalue weighted by molar-refractivity contribution is 5.47. The maximum atomic E-state index is 14.0. The summed E-state index contributed by atoms with van der Waals surface area (Å²) in [6, 6.07) is 7.08. The number of benzene rings is 1. The molecule has 2 heterocycles. The quantitative estimate of drug-likeness (QED) is 0.860. The van der Waals surface area contributed by atoms with Gasteiger partial charge in [0, 0.05) is 56.2 Å². The SMILES string of the molecule is CCc1cnc(C)nc1N1CCN(Cc2ccccc2F)[C@H](CCO)C1. The molecule has 0 amide bonds. The van der Waals surface area contributed by atoms with Crippen LogP contribution in [0.5, 0.6) is 0 Å². The first-order valence-electron chi connectivity index (χ1n) is 9.28. The molecule has 0 saturated carbocycles. The van der Waals surface area contributed by atoms with Crippen LogP contribution in [-0.4, -0.2) is 52.3 Å². The van der Waals surface area contributed by atoms with Gasteiger partial charge in [-0.1, -0.05) is 25.1 Å². The van der Waals surface area contributed by atoms with Crippen LogP contribution in [0, 0.1) is 12.7 Å². The smallest absolute Gasteiger partial charge is 0.135 e. The third kappa shape index (κ3) is 4.19. The summed E-state index contributed by atoms with van der Waals surface area (Å²) >= 11 is 0. The number of hydrogen-bond acceptors (Lipinski definition) is 5. The summed E-state index contributed by atoms with van der Waals surface area (Å²) in [5, 5.41) is 9.51. The molecular weight excluding hydrogens is 331 g/mol. The minimum absolute atomic E-state index is 0.121. The molecule has 26 heavy (non-hydrogen) atoms. The minimum Gasteiger partial charge on any atom is -0.396 e. The van der Waals surface area contributed by atoms with Crippen LogP contribution >= 0.6 is 0 Å². The zero-order chi connectivity index (χ0) is 18.5. The summed E-state index contributed by atoms with van der Waals surface area (Å²) in [5.74, 6) is 1.59. The monoisotopic (exact) mass is 358 g/mol. The second-order valence-electron chi connectivity index (χ2n) is 6.79. The molecule has 1 fully saturated rings. The van der Waals surface area contributed by atoms with Gasteiger partial charge in [0.25, 0.3) is 0 Å². The highest BCUT2D eigenvalue weighted by Crippen LogP contribution is 2.24. The van der Waals surface area contributed by atoms with Crippen LogP contribution in [-0.2, 0) is 13.0 Å². The van der Waals surface area contributed by atoms with Crippen molar-refractivity contribution in [1.29, 1.82) is 0 Å². The molecule has 1 aromatic heterocycles. The molecule has 0 radical (unpaired) electrons. The first kappa shape index (κ1) is 18.7. The molecule has 1 N–H and O–H groups in total. The number of aliphatic hydroxyl groups is 1. The number of hydrogen-bond donors (Lipinski definition) is 1. The average Bonchev–Trinajstić information content (AvgIpc) is 2.65. The standard InChI is InChI=1S/C20H27FN4O/c1-3-16-12-22-15(2)23-20(16)25-10-9-24(18(14-25)8-11-26)13-17-6-4-5-7-19(17)21/h4-7,12,18,26H,3,8-11,13-14H2,1-2H3/t18-/m1/s1. The van der Waals surface area contributed by atoms with Crippen molar-refractivity contribution in [2.24, 2.45) is 0 Å². The first-order valence-corrected chi connectivity index (χ1v) is 9.28. The molecule has 0 bridgehead atoms. The highest BCUT2D eigenvalue weighted by Gasteiger charge is 2.29. The van der Waals surface area contributed by atoms with E-state index in [-0.39, 0.29) is 18.5 Å². The summed E-state index contributed by atoms with van der Waals surface area (Å²) in [7, 11) is 0. The van der Waals surface area contributed by atoms with Crippen molar-refractivity contribution in [3.8, 4) is 0 Å². The Hall–Kier alpha value is -2.05. The van der Waals surface area contributed by atoms with E-state index in [1.165, 1.54) is 6.07 Å². The molecule has 2 aromatic rings. The molecule has 5 nitrogen and oxygen atoms in total. The number of aliphatic hydroxyl groups excluding tert-OH is 1. The Morgan fingerprint density at radius 3 is 2.77 bits per heavy atom. The van der Waals surface area contributed by atoms with E-state index in [9.17, 15) is 9.50 Å². The topological polar surface area (TPSA) is 52.5 Å². The van der Waals surface area contributed by atoms with E-state index in [0.29, 0.717) is 18.5 Å². The van der Waals surface area contributed by atoms with Gasteiger partial charge in [-0.05, 0) is 25.8 Å². The van der Waals surface area contributed by atoms with Crippen LogP contribution < -0.4 is 4.90 Å². The zero-order valence-electron chi connectivity index (χ0n) is 15.5. The highest BCUT2D eigenvalue weighted by atomic mass is 19.1. The van der Waals surface area contributed by atoms with E-state index in [0.717, 1.165) is 43.3 Å². The van der Waals surface area contributed by atoms with Crippen molar-refractivity contribution in [3.63, 3.8) is 0 Å². The number of rotatable bonds is 6. The molecule has 1 saturated heterocycles. The van der Waals surface area contributed by atoms with Crippen molar-refractivity contribution in [2.75, 3.05) is 31.1 Å². The predicted molar refractivity (Wildman–Crippen MR) is 101 cm³/mol. The Morgan fingerprint density at radius 1 is 1.23 bits per heavy atom. The third-order valence-electron chi connectivity index (χ3n) is 5.04. The molecule has 1 aliphatic heterocycles. The number of piperazine rings is 1. The lowest BCUT2D eigenvalue weighted by Gasteiger charge is -2.42. The van der Waals surface area contributed by atoms with E-state index in [2.05, 4.69) is 26.7 Å².